The molecular formula is C14H25NO. The summed E-state index contributed by atoms with van der Waals surface area (Å²) in [4.78, 5) is 0. The zero-order chi connectivity index (χ0) is 11.8. The minimum atomic E-state index is 0.325. The van der Waals surface area contributed by atoms with Crippen molar-refractivity contribution in [3.05, 3.63) is 24.2 Å². The van der Waals surface area contributed by atoms with Crippen LogP contribution in [0.25, 0.3) is 0 Å². The van der Waals surface area contributed by atoms with Gasteiger partial charge in [-0.05, 0) is 37.9 Å². The van der Waals surface area contributed by atoms with Crippen molar-refractivity contribution < 1.29 is 4.42 Å². The minimum absolute atomic E-state index is 0.325. The van der Waals surface area contributed by atoms with Crippen molar-refractivity contribution in [3.8, 4) is 0 Å². The first kappa shape index (κ1) is 13.3. The molecule has 0 bridgehead atoms. The number of rotatable bonds is 8. The smallest absolute Gasteiger partial charge is 0.120 e. The molecule has 0 fully saturated rings. The molecule has 0 aromatic carbocycles. The van der Waals surface area contributed by atoms with Crippen LogP contribution in [0.15, 0.2) is 22.8 Å². The number of unbranched alkanes of at least 4 members (excludes halogenated alkanes) is 1. The number of furan rings is 1. The first-order chi connectivity index (χ1) is 7.77. The fraction of sp³-hybridized carbons (Fsp3) is 0.714. The zero-order valence-electron chi connectivity index (χ0n) is 10.8. The zero-order valence-corrected chi connectivity index (χ0v) is 10.8. The third-order valence-corrected chi connectivity index (χ3v) is 3.23. The summed E-state index contributed by atoms with van der Waals surface area (Å²) in [6, 6.07) is 4.30. The summed E-state index contributed by atoms with van der Waals surface area (Å²) in [5, 5.41) is 3.55. The monoisotopic (exact) mass is 223 g/mol. The van der Waals surface area contributed by atoms with E-state index in [-0.39, 0.29) is 0 Å². The lowest BCUT2D eigenvalue weighted by atomic mass is 9.99. The average Bonchev–Trinajstić information content (AvgIpc) is 2.82. The minimum Gasteiger partial charge on any atom is -0.468 e. The number of nitrogens with one attached hydrogen (secondary N) is 1. The van der Waals surface area contributed by atoms with Crippen LogP contribution in [0.5, 0.6) is 0 Å². The van der Waals surface area contributed by atoms with E-state index in [4.69, 9.17) is 4.42 Å². The predicted molar refractivity (Wildman–Crippen MR) is 68.4 cm³/mol. The van der Waals surface area contributed by atoms with Gasteiger partial charge in [0.05, 0.1) is 12.3 Å². The van der Waals surface area contributed by atoms with E-state index in [1.165, 1.54) is 25.7 Å². The van der Waals surface area contributed by atoms with Crippen LogP contribution >= 0.6 is 0 Å². The highest BCUT2D eigenvalue weighted by Crippen LogP contribution is 2.15. The highest BCUT2D eigenvalue weighted by Gasteiger charge is 2.10. The third kappa shape index (κ3) is 4.40. The molecule has 1 heterocycles. The standard InChI is InChI=1S/C14H25NO/c1-4-6-8-13(5-2)11-15-12(3)14-9-7-10-16-14/h7,9-10,12-13,15H,4-6,8,11H2,1-3H3/t12-,13?/m1/s1. The van der Waals surface area contributed by atoms with Gasteiger partial charge in [-0.2, -0.15) is 0 Å². The van der Waals surface area contributed by atoms with E-state index in [1.54, 1.807) is 6.26 Å². The highest BCUT2D eigenvalue weighted by molar-refractivity contribution is 5.02. The van der Waals surface area contributed by atoms with Gasteiger partial charge >= 0.3 is 0 Å². The fourth-order valence-electron chi connectivity index (χ4n) is 1.93. The van der Waals surface area contributed by atoms with Gasteiger partial charge in [0.25, 0.3) is 0 Å². The summed E-state index contributed by atoms with van der Waals surface area (Å²) in [7, 11) is 0. The lowest BCUT2D eigenvalue weighted by molar-refractivity contribution is 0.369. The Morgan fingerprint density at radius 1 is 1.38 bits per heavy atom. The molecule has 1 aromatic rings. The molecule has 92 valence electrons. The van der Waals surface area contributed by atoms with Crippen LogP contribution in [0.1, 0.15) is 58.3 Å². The van der Waals surface area contributed by atoms with Crippen molar-refractivity contribution in [1.82, 2.24) is 5.32 Å². The Hall–Kier alpha value is -0.760. The molecule has 0 amide bonds. The van der Waals surface area contributed by atoms with Gasteiger partial charge in [-0.15, -0.1) is 0 Å². The Labute approximate surface area is 99.4 Å². The van der Waals surface area contributed by atoms with Gasteiger partial charge in [0, 0.05) is 0 Å². The SMILES string of the molecule is CCCCC(CC)CN[C@H](C)c1ccco1. The molecule has 1 N–H and O–H groups in total. The molecule has 2 nitrogen and oxygen atoms in total. The summed E-state index contributed by atoms with van der Waals surface area (Å²) < 4.78 is 5.38. The Kier molecular flexibility index (Phi) is 6.24. The summed E-state index contributed by atoms with van der Waals surface area (Å²) in [5.41, 5.74) is 0. The molecule has 0 aliphatic carbocycles. The van der Waals surface area contributed by atoms with Crippen molar-refractivity contribution in [2.45, 2.75) is 52.5 Å². The third-order valence-electron chi connectivity index (χ3n) is 3.23. The molecule has 1 unspecified atom stereocenters. The van der Waals surface area contributed by atoms with Crippen molar-refractivity contribution in [2.24, 2.45) is 5.92 Å². The summed E-state index contributed by atoms with van der Waals surface area (Å²) in [6.45, 7) is 7.79. The van der Waals surface area contributed by atoms with E-state index in [0.29, 0.717) is 6.04 Å². The van der Waals surface area contributed by atoms with E-state index in [1.807, 2.05) is 12.1 Å². The van der Waals surface area contributed by atoms with Crippen LogP contribution in [0, 0.1) is 5.92 Å². The van der Waals surface area contributed by atoms with E-state index < -0.39 is 0 Å². The van der Waals surface area contributed by atoms with E-state index in [0.717, 1.165) is 18.2 Å². The molecule has 1 rings (SSSR count). The van der Waals surface area contributed by atoms with E-state index in [9.17, 15) is 0 Å². The van der Waals surface area contributed by atoms with Crippen molar-refractivity contribution in [2.75, 3.05) is 6.54 Å². The van der Waals surface area contributed by atoms with Gasteiger partial charge < -0.3 is 9.73 Å². The molecule has 0 aliphatic heterocycles. The molecule has 0 spiro atoms. The lowest BCUT2D eigenvalue weighted by Crippen LogP contribution is -2.25. The van der Waals surface area contributed by atoms with Gasteiger partial charge in [-0.3, -0.25) is 0 Å². The van der Waals surface area contributed by atoms with E-state index in [2.05, 4.69) is 26.1 Å². The first-order valence-corrected chi connectivity index (χ1v) is 6.54. The van der Waals surface area contributed by atoms with Crippen molar-refractivity contribution in [1.29, 1.82) is 0 Å². The predicted octanol–water partition coefficient (Wildman–Crippen LogP) is 4.15. The summed E-state index contributed by atoms with van der Waals surface area (Å²) in [5.74, 6) is 1.84. The molecule has 2 heteroatoms. The largest absolute Gasteiger partial charge is 0.468 e. The number of hydrogen-bond donors (Lipinski definition) is 1. The van der Waals surface area contributed by atoms with Gasteiger partial charge in [-0.1, -0.05) is 33.1 Å². The van der Waals surface area contributed by atoms with Crippen LogP contribution in [0.4, 0.5) is 0 Å². The Balaban J connectivity index is 2.26. The molecule has 0 aliphatic rings. The van der Waals surface area contributed by atoms with Crippen molar-refractivity contribution in [3.63, 3.8) is 0 Å². The summed E-state index contributed by atoms with van der Waals surface area (Å²) >= 11 is 0. The topological polar surface area (TPSA) is 25.2 Å². The van der Waals surface area contributed by atoms with Gasteiger partial charge in [0.1, 0.15) is 5.76 Å². The Morgan fingerprint density at radius 2 is 2.19 bits per heavy atom. The molecule has 0 saturated carbocycles. The van der Waals surface area contributed by atoms with Crippen LogP contribution in [0.2, 0.25) is 0 Å². The second kappa shape index (κ2) is 7.50. The maximum Gasteiger partial charge on any atom is 0.120 e. The van der Waals surface area contributed by atoms with Crippen LogP contribution in [0.3, 0.4) is 0 Å². The van der Waals surface area contributed by atoms with Gasteiger partial charge in [-0.25, -0.2) is 0 Å². The Bertz CT molecular complexity index is 256. The van der Waals surface area contributed by atoms with Gasteiger partial charge in [0.2, 0.25) is 0 Å². The highest BCUT2D eigenvalue weighted by atomic mass is 16.3. The molecule has 2 atom stereocenters. The maximum atomic E-state index is 5.38. The quantitative estimate of drug-likeness (QED) is 0.716. The fourth-order valence-corrected chi connectivity index (χ4v) is 1.93. The summed E-state index contributed by atoms with van der Waals surface area (Å²) in [6.07, 6.45) is 6.98. The maximum absolute atomic E-state index is 5.38. The van der Waals surface area contributed by atoms with Crippen LogP contribution in [-0.4, -0.2) is 6.54 Å². The molecule has 16 heavy (non-hydrogen) atoms. The second-order valence-corrected chi connectivity index (χ2v) is 4.56. The molecule has 0 saturated heterocycles. The lowest BCUT2D eigenvalue weighted by Gasteiger charge is -2.18. The van der Waals surface area contributed by atoms with E-state index >= 15 is 0 Å². The van der Waals surface area contributed by atoms with Crippen molar-refractivity contribution >= 4 is 0 Å². The first-order valence-electron chi connectivity index (χ1n) is 6.54. The molecule has 0 radical (unpaired) electrons. The molecular weight excluding hydrogens is 198 g/mol. The number of hydrogen-bond acceptors (Lipinski definition) is 2. The Morgan fingerprint density at radius 3 is 2.75 bits per heavy atom. The van der Waals surface area contributed by atoms with Crippen LogP contribution in [-0.2, 0) is 0 Å². The second-order valence-electron chi connectivity index (χ2n) is 4.56. The molecule has 1 aromatic heterocycles. The van der Waals surface area contributed by atoms with Gasteiger partial charge in [0.15, 0.2) is 0 Å². The van der Waals surface area contributed by atoms with Crippen LogP contribution < -0.4 is 5.32 Å². The normalized spacial score (nSPS) is 14.9. The average molecular weight is 223 g/mol.